The summed E-state index contributed by atoms with van der Waals surface area (Å²) >= 11 is 0. The van der Waals surface area contributed by atoms with Gasteiger partial charge in [0.1, 0.15) is 23.1 Å². The van der Waals surface area contributed by atoms with Crippen molar-refractivity contribution in [2.24, 2.45) is 0 Å². The lowest BCUT2D eigenvalue weighted by Gasteiger charge is -2.26. The van der Waals surface area contributed by atoms with Crippen LogP contribution in [0.2, 0.25) is 0 Å². The van der Waals surface area contributed by atoms with Gasteiger partial charge in [0, 0.05) is 0 Å². The first-order valence-corrected chi connectivity index (χ1v) is 10.6. The summed E-state index contributed by atoms with van der Waals surface area (Å²) in [6.45, 7) is 3.95. The van der Waals surface area contributed by atoms with Gasteiger partial charge in [-0.1, -0.05) is 38.1 Å². The molecule has 0 aliphatic carbocycles. The van der Waals surface area contributed by atoms with E-state index in [-0.39, 0.29) is 11.2 Å². The lowest BCUT2D eigenvalue weighted by Crippen LogP contribution is -2.41. The van der Waals surface area contributed by atoms with E-state index in [2.05, 4.69) is 4.74 Å². The molecule has 0 atom stereocenters. The topological polar surface area (TPSA) is 18.5 Å². The fourth-order valence-electron chi connectivity index (χ4n) is 3.46. The Balaban J connectivity index is 1.56. The van der Waals surface area contributed by atoms with Crippen LogP contribution in [-0.2, 0) is 11.8 Å². The van der Waals surface area contributed by atoms with Crippen LogP contribution in [0.4, 0.5) is 26.3 Å². The maximum absolute atomic E-state index is 13.1. The Morgan fingerprint density at radius 2 is 1.35 bits per heavy atom. The van der Waals surface area contributed by atoms with Crippen molar-refractivity contribution in [1.82, 2.24) is 0 Å². The van der Waals surface area contributed by atoms with Crippen LogP contribution in [0.25, 0.3) is 0 Å². The summed E-state index contributed by atoms with van der Waals surface area (Å²) in [5.41, 5.74) is 1.50. The Kier molecular flexibility index (Phi) is 7.48. The van der Waals surface area contributed by atoms with Crippen LogP contribution in [0.15, 0.2) is 72.8 Å². The minimum atomic E-state index is -5.79. The lowest BCUT2D eigenvalue weighted by molar-refractivity contribution is -0.360. The lowest BCUT2D eigenvalue weighted by atomic mass is 9.80. The van der Waals surface area contributed by atoms with Crippen LogP contribution in [0.3, 0.4) is 0 Å². The molecule has 0 radical (unpaired) electrons. The molecule has 0 fully saturated rings. The molecule has 34 heavy (non-hydrogen) atoms. The molecule has 0 aliphatic rings. The normalized spacial score (nSPS) is 12.5. The summed E-state index contributed by atoms with van der Waals surface area (Å²) in [7, 11) is 0. The minimum Gasteiger partial charge on any atom is -0.457 e. The van der Waals surface area contributed by atoms with E-state index in [0.717, 1.165) is 42.5 Å². The average molecular weight is 482 g/mol. The summed E-state index contributed by atoms with van der Waals surface area (Å²) < 4.78 is 85.7. The quantitative estimate of drug-likeness (QED) is 0.285. The van der Waals surface area contributed by atoms with Crippen molar-refractivity contribution in [3.63, 3.8) is 0 Å². The van der Waals surface area contributed by atoms with Crippen molar-refractivity contribution in [2.75, 3.05) is 0 Å². The molecule has 0 bridgehead atoms. The summed E-state index contributed by atoms with van der Waals surface area (Å²) in [5.74, 6) is 0.264. The van der Waals surface area contributed by atoms with Crippen molar-refractivity contribution < 1.29 is 35.8 Å². The molecule has 0 unspecified atom stereocenters. The van der Waals surface area contributed by atoms with Gasteiger partial charge in [-0.3, -0.25) is 0 Å². The Labute approximate surface area is 194 Å². The van der Waals surface area contributed by atoms with E-state index in [4.69, 9.17) is 4.74 Å². The predicted octanol–water partition coefficient (Wildman–Crippen LogP) is 8.45. The number of benzene rings is 3. The van der Waals surface area contributed by atoms with Crippen LogP contribution in [0.1, 0.15) is 37.8 Å². The van der Waals surface area contributed by atoms with Gasteiger partial charge in [0.2, 0.25) is 0 Å². The number of ether oxygens (including phenoxy) is 2. The first-order chi connectivity index (χ1) is 15.9. The third-order valence-electron chi connectivity index (χ3n) is 5.43. The van der Waals surface area contributed by atoms with E-state index in [1.807, 2.05) is 38.1 Å². The van der Waals surface area contributed by atoms with Gasteiger partial charge >= 0.3 is 12.3 Å². The fraction of sp³-hybridized carbons (Fsp3) is 0.308. The predicted molar refractivity (Wildman–Crippen MR) is 117 cm³/mol. The molecule has 0 aromatic heterocycles. The van der Waals surface area contributed by atoms with Crippen LogP contribution < -0.4 is 9.47 Å². The molecule has 3 aromatic carbocycles. The molecule has 182 valence electrons. The number of aryl methyl sites for hydroxylation is 1. The highest BCUT2D eigenvalue weighted by Crippen LogP contribution is 2.38. The second-order valence-corrected chi connectivity index (χ2v) is 8.58. The van der Waals surface area contributed by atoms with Crippen LogP contribution in [-0.4, -0.2) is 12.3 Å². The fourth-order valence-corrected chi connectivity index (χ4v) is 3.46. The highest BCUT2D eigenvalue weighted by Gasteiger charge is 2.61. The molecule has 0 spiro atoms. The smallest absolute Gasteiger partial charge is 0.457 e. The molecule has 0 N–H and O–H groups in total. The van der Waals surface area contributed by atoms with Crippen molar-refractivity contribution >= 4 is 0 Å². The van der Waals surface area contributed by atoms with Crippen LogP contribution in [0, 0.1) is 5.82 Å². The van der Waals surface area contributed by atoms with Crippen molar-refractivity contribution in [3.8, 4) is 17.2 Å². The monoisotopic (exact) mass is 482 g/mol. The van der Waals surface area contributed by atoms with Gasteiger partial charge in [-0.25, -0.2) is 4.39 Å². The zero-order valence-corrected chi connectivity index (χ0v) is 18.6. The largest absolute Gasteiger partial charge is 0.499 e. The summed E-state index contributed by atoms with van der Waals surface area (Å²) in [6.07, 6.45) is -8.74. The first-order valence-electron chi connectivity index (χ1n) is 10.6. The average Bonchev–Trinajstić information content (AvgIpc) is 2.75. The number of rotatable bonds is 9. The molecule has 8 heteroatoms. The SMILES string of the molecule is CC(C)(CCCc1cccc(Oc2ccc(F)cc2)c1)c1ccc(OC(F)(F)C(F)(F)F)cc1. The van der Waals surface area contributed by atoms with Gasteiger partial charge in [0.25, 0.3) is 0 Å². The zero-order valence-electron chi connectivity index (χ0n) is 18.6. The Hall–Kier alpha value is -3.16. The maximum Gasteiger partial charge on any atom is 0.499 e. The Morgan fingerprint density at radius 1 is 0.735 bits per heavy atom. The highest BCUT2D eigenvalue weighted by atomic mass is 19.4. The zero-order chi connectivity index (χ0) is 25.0. The molecule has 0 saturated carbocycles. The number of halogens is 6. The second kappa shape index (κ2) is 9.99. The van der Waals surface area contributed by atoms with Crippen molar-refractivity contribution in [3.05, 3.63) is 89.7 Å². The molecular weight excluding hydrogens is 458 g/mol. The Morgan fingerprint density at radius 3 is 1.97 bits per heavy atom. The van der Waals surface area contributed by atoms with E-state index in [0.29, 0.717) is 11.5 Å². The molecule has 0 aliphatic heterocycles. The number of alkyl halides is 5. The van der Waals surface area contributed by atoms with E-state index in [1.165, 1.54) is 24.3 Å². The summed E-state index contributed by atoms with van der Waals surface area (Å²) in [5, 5.41) is 0. The van der Waals surface area contributed by atoms with Crippen LogP contribution in [0.5, 0.6) is 17.2 Å². The molecule has 2 nitrogen and oxygen atoms in total. The van der Waals surface area contributed by atoms with Crippen molar-refractivity contribution in [2.45, 2.75) is 50.8 Å². The first kappa shape index (κ1) is 25.5. The van der Waals surface area contributed by atoms with Gasteiger partial charge in [-0.15, -0.1) is 0 Å². The molecular formula is C26H24F6O2. The molecule has 3 aromatic rings. The highest BCUT2D eigenvalue weighted by molar-refractivity contribution is 5.35. The Bertz CT molecular complexity index is 1070. The van der Waals surface area contributed by atoms with E-state index < -0.39 is 18.0 Å². The molecule has 0 saturated heterocycles. The third kappa shape index (κ3) is 6.68. The summed E-state index contributed by atoms with van der Waals surface area (Å²) in [6, 6.07) is 18.5. The molecule has 0 heterocycles. The van der Waals surface area contributed by atoms with Crippen LogP contribution >= 0.6 is 0 Å². The van der Waals surface area contributed by atoms with Gasteiger partial charge in [-0.2, -0.15) is 22.0 Å². The summed E-state index contributed by atoms with van der Waals surface area (Å²) in [4.78, 5) is 0. The van der Waals surface area contributed by atoms with E-state index >= 15 is 0 Å². The standard InChI is InChI=1S/C26H24F6O2/c1-24(2,19-8-12-22(13-9-19)34-26(31,32)25(28,29)30)16-4-6-18-5-3-7-23(17-18)33-21-14-10-20(27)11-15-21/h3,5,7-15,17H,4,6,16H2,1-2H3. The molecule has 0 amide bonds. The molecule has 3 rings (SSSR count). The van der Waals surface area contributed by atoms with Gasteiger partial charge in [0.15, 0.2) is 0 Å². The minimum absolute atomic E-state index is 0.340. The van der Waals surface area contributed by atoms with Gasteiger partial charge in [-0.05, 0) is 84.3 Å². The maximum atomic E-state index is 13.1. The van der Waals surface area contributed by atoms with Crippen molar-refractivity contribution in [1.29, 1.82) is 0 Å². The second-order valence-electron chi connectivity index (χ2n) is 8.58. The van der Waals surface area contributed by atoms with Gasteiger partial charge < -0.3 is 9.47 Å². The van der Waals surface area contributed by atoms with E-state index in [9.17, 15) is 26.3 Å². The van der Waals surface area contributed by atoms with E-state index in [1.54, 1.807) is 12.1 Å². The van der Waals surface area contributed by atoms with Gasteiger partial charge in [0.05, 0.1) is 0 Å². The number of hydrogen-bond donors (Lipinski definition) is 0. The number of hydrogen-bond acceptors (Lipinski definition) is 2. The third-order valence-corrected chi connectivity index (χ3v) is 5.43.